The molecular weight excluding hydrogens is 300 g/mol. The Balaban J connectivity index is 1.89. The number of aliphatic carboxylic acids is 1. The van der Waals surface area contributed by atoms with Crippen LogP contribution in [0.3, 0.4) is 0 Å². The van der Waals surface area contributed by atoms with Crippen molar-refractivity contribution in [3.8, 4) is 11.1 Å². The van der Waals surface area contributed by atoms with Crippen molar-refractivity contribution in [2.45, 2.75) is 26.2 Å². The Labute approximate surface area is 131 Å². The van der Waals surface area contributed by atoms with Gasteiger partial charge in [0.2, 0.25) is 0 Å². The molecule has 0 aliphatic rings. The van der Waals surface area contributed by atoms with Gasteiger partial charge >= 0.3 is 5.97 Å². The Morgan fingerprint density at radius 2 is 2.05 bits per heavy atom. The van der Waals surface area contributed by atoms with Gasteiger partial charge in [0, 0.05) is 31.8 Å². The van der Waals surface area contributed by atoms with Crippen LogP contribution in [0.5, 0.6) is 0 Å². The van der Waals surface area contributed by atoms with E-state index in [1.165, 1.54) is 31.0 Å². The molecular formula is C17H16O2S2. The van der Waals surface area contributed by atoms with Gasteiger partial charge in [0.15, 0.2) is 0 Å². The van der Waals surface area contributed by atoms with E-state index < -0.39 is 5.97 Å². The third kappa shape index (κ3) is 3.01. The molecule has 1 N–H and O–H groups in total. The lowest BCUT2D eigenvalue weighted by Crippen LogP contribution is -1.94. The highest BCUT2D eigenvalue weighted by molar-refractivity contribution is 7.18. The van der Waals surface area contributed by atoms with Crippen molar-refractivity contribution < 1.29 is 9.90 Å². The maximum atomic E-state index is 10.6. The van der Waals surface area contributed by atoms with Crippen LogP contribution >= 0.6 is 22.7 Å². The molecule has 4 heteroatoms. The third-order valence-electron chi connectivity index (χ3n) is 3.55. The summed E-state index contributed by atoms with van der Waals surface area (Å²) in [5.41, 5.74) is 2.59. The van der Waals surface area contributed by atoms with Crippen molar-refractivity contribution in [2.75, 3.05) is 0 Å². The van der Waals surface area contributed by atoms with Crippen LogP contribution in [0.1, 0.15) is 22.6 Å². The molecule has 2 heterocycles. The summed E-state index contributed by atoms with van der Waals surface area (Å²) in [4.78, 5) is 13.2. The summed E-state index contributed by atoms with van der Waals surface area (Å²) in [7, 11) is 0. The number of hydrogen-bond donors (Lipinski definition) is 1. The SMILES string of the molecule is Cc1sc(CCCC(=O)O)cc1-c1csc2ccccc12. The smallest absolute Gasteiger partial charge is 0.303 e. The number of carbonyl (C=O) groups is 1. The van der Waals surface area contributed by atoms with Gasteiger partial charge in [-0.1, -0.05) is 18.2 Å². The van der Waals surface area contributed by atoms with Crippen molar-refractivity contribution in [1.29, 1.82) is 0 Å². The molecule has 0 bridgehead atoms. The van der Waals surface area contributed by atoms with Crippen molar-refractivity contribution in [3.63, 3.8) is 0 Å². The summed E-state index contributed by atoms with van der Waals surface area (Å²) in [6.07, 6.45) is 1.80. The van der Waals surface area contributed by atoms with Gasteiger partial charge in [-0.25, -0.2) is 0 Å². The third-order valence-corrected chi connectivity index (χ3v) is 5.63. The predicted molar refractivity (Wildman–Crippen MR) is 90.4 cm³/mol. The van der Waals surface area contributed by atoms with Gasteiger partial charge in [0.05, 0.1) is 0 Å². The minimum absolute atomic E-state index is 0.244. The maximum Gasteiger partial charge on any atom is 0.303 e. The van der Waals surface area contributed by atoms with Gasteiger partial charge in [0.1, 0.15) is 0 Å². The molecule has 108 valence electrons. The van der Waals surface area contributed by atoms with Crippen LogP contribution in [0.25, 0.3) is 21.2 Å². The van der Waals surface area contributed by atoms with Gasteiger partial charge in [-0.15, -0.1) is 22.7 Å². The van der Waals surface area contributed by atoms with E-state index in [2.05, 4.69) is 42.6 Å². The van der Waals surface area contributed by atoms with Gasteiger partial charge in [0.25, 0.3) is 0 Å². The van der Waals surface area contributed by atoms with E-state index in [0.29, 0.717) is 6.42 Å². The van der Waals surface area contributed by atoms with Gasteiger partial charge in [-0.2, -0.15) is 0 Å². The minimum atomic E-state index is -0.715. The summed E-state index contributed by atoms with van der Waals surface area (Å²) in [6.45, 7) is 2.15. The van der Waals surface area contributed by atoms with Gasteiger partial charge in [-0.3, -0.25) is 4.79 Å². The van der Waals surface area contributed by atoms with E-state index in [0.717, 1.165) is 6.42 Å². The lowest BCUT2D eigenvalue weighted by atomic mass is 10.0. The zero-order valence-electron chi connectivity index (χ0n) is 11.8. The highest BCUT2D eigenvalue weighted by atomic mass is 32.1. The molecule has 0 radical (unpaired) electrons. The average molecular weight is 316 g/mol. The molecule has 3 rings (SSSR count). The number of aryl methyl sites for hydroxylation is 2. The second-order valence-electron chi connectivity index (χ2n) is 5.08. The summed E-state index contributed by atoms with van der Waals surface area (Å²) < 4.78 is 1.31. The second-order valence-corrected chi connectivity index (χ2v) is 7.33. The van der Waals surface area contributed by atoms with Crippen LogP contribution < -0.4 is 0 Å². The van der Waals surface area contributed by atoms with E-state index in [1.807, 2.05) is 0 Å². The molecule has 3 aromatic rings. The van der Waals surface area contributed by atoms with Crippen molar-refractivity contribution in [1.82, 2.24) is 0 Å². The number of rotatable bonds is 5. The van der Waals surface area contributed by atoms with E-state index in [-0.39, 0.29) is 6.42 Å². The van der Waals surface area contributed by atoms with E-state index >= 15 is 0 Å². The molecule has 0 amide bonds. The van der Waals surface area contributed by atoms with E-state index in [9.17, 15) is 4.79 Å². The Morgan fingerprint density at radius 3 is 2.86 bits per heavy atom. The molecule has 1 aromatic carbocycles. The first-order valence-electron chi connectivity index (χ1n) is 6.93. The molecule has 0 saturated heterocycles. The Kier molecular flexibility index (Phi) is 4.08. The van der Waals surface area contributed by atoms with Crippen LogP contribution in [0, 0.1) is 6.92 Å². The molecule has 0 spiro atoms. The topological polar surface area (TPSA) is 37.3 Å². The number of carboxylic acid groups (broad SMARTS) is 1. The normalized spacial score (nSPS) is 11.1. The van der Waals surface area contributed by atoms with Crippen molar-refractivity contribution in [2.24, 2.45) is 0 Å². The van der Waals surface area contributed by atoms with Gasteiger partial charge < -0.3 is 5.11 Å². The first-order chi connectivity index (χ1) is 10.1. The predicted octanol–water partition coefficient (Wildman–Crippen LogP) is 5.35. The number of hydrogen-bond acceptors (Lipinski definition) is 3. The fourth-order valence-electron chi connectivity index (χ4n) is 2.53. The Hall–Kier alpha value is -1.65. The van der Waals surface area contributed by atoms with Crippen LogP contribution in [0.4, 0.5) is 0 Å². The summed E-state index contributed by atoms with van der Waals surface area (Å²) in [6, 6.07) is 10.7. The summed E-state index contributed by atoms with van der Waals surface area (Å²) >= 11 is 3.56. The first-order valence-corrected chi connectivity index (χ1v) is 8.62. The molecule has 0 aliphatic heterocycles. The van der Waals surface area contributed by atoms with Crippen molar-refractivity contribution >= 4 is 38.7 Å². The Morgan fingerprint density at radius 1 is 1.24 bits per heavy atom. The van der Waals surface area contributed by atoms with Gasteiger partial charge in [-0.05, 0) is 42.8 Å². The molecule has 0 unspecified atom stereocenters. The second kappa shape index (κ2) is 6.00. The highest BCUT2D eigenvalue weighted by Crippen LogP contribution is 2.38. The monoisotopic (exact) mass is 316 g/mol. The Bertz CT molecular complexity index is 783. The molecule has 2 nitrogen and oxygen atoms in total. The highest BCUT2D eigenvalue weighted by Gasteiger charge is 2.12. The first kappa shape index (κ1) is 14.3. The average Bonchev–Trinajstić information content (AvgIpc) is 3.02. The standard InChI is InChI=1S/C17H16O2S2/c1-11-14(9-12(21-11)5-4-8-17(18)19)15-10-20-16-7-3-2-6-13(15)16/h2-3,6-7,9-10H,4-5,8H2,1H3,(H,18,19). The number of thiophene rings is 2. The van der Waals surface area contributed by atoms with Crippen LogP contribution in [-0.2, 0) is 11.2 Å². The van der Waals surface area contributed by atoms with Crippen LogP contribution in [0.2, 0.25) is 0 Å². The molecule has 0 aliphatic carbocycles. The summed E-state index contributed by atoms with van der Waals surface area (Å²) in [5.74, 6) is -0.715. The number of benzene rings is 1. The van der Waals surface area contributed by atoms with E-state index in [4.69, 9.17) is 5.11 Å². The zero-order valence-corrected chi connectivity index (χ0v) is 13.4. The molecule has 2 aromatic heterocycles. The maximum absolute atomic E-state index is 10.6. The fraction of sp³-hybridized carbons (Fsp3) is 0.235. The zero-order chi connectivity index (χ0) is 14.8. The molecule has 21 heavy (non-hydrogen) atoms. The number of fused-ring (bicyclic) bond motifs is 1. The lowest BCUT2D eigenvalue weighted by molar-refractivity contribution is -0.137. The quantitative estimate of drug-likeness (QED) is 0.689. The molecule has 0 fully saturated rings. The van der Waals surface area contributed by atoms with Crippen LogP contribution in [0.15, 0.2) is 35.7 Å². The molecule has 0 saturated carbocycles. The van der Waals surface area contributed by atoms with Crippen molar-refractivity contribution in [3.05, 3.63) is 45.5 Å². The molecule has 0 atom stereocenters. The fourth-order valence-corrected chi connectivity index (χ4v) is 4.59. The summed E-state index contributed by atoms with van der Waals surface area (Å²) in [5, 5.41) is 12.3. The van der Waals surface area contributed by atoms with E-state index in [1.54, 1.807) is 22.7 Å². The van der Waals surface area contributed by atoms with Crippen LogP contribution in [-0.4, -0.2) is 11.1 Å². The largest absolute Gasteiger partial charge is 0.481 e. The minimum Gasteiger partial charge on any atom is -0.481 e. The number of carboxylic acids is 1. The lowest BCUT2D eigenvalue weighted by Gasteiger charge is -1.97.